The molecule has 1 atom stereocenters. The molecule has 1 aliphatic rings. The van der Waals surface area contributed by atoms with Crippen LogP contribution < -0.4 is 0 Å². The van der Waals surface area contributed by atoms with E-state index in [-0.39, 0.29) is 26.2 Å². The first-order valence-electron chi connectivity index (χ1n) is 9.12. The first kappa shape index (κ1) is 26.0. The Morgan fingerprint density at radius 3 is 2.44 bits per heavy atom. The fraction of sp³-hybridized carbons (Fsp3) is 0.273. The average molecular weight is 446 g/mol. The normalized spacial score (nSPS) is 15.9. The highest BCUT2D eigenvalue weighted by Crippen LogP contribution is 2.13. The van der Waals surface area contributed by atoms with Crippen molar-refractivity contribution in [2.24, 2.45) is 4.99 Å². The molecule has 0 spiro atoms. The molecule has 0 bridgehead atoms. The van der Waals surface area contributed by atoms with Crippen LogP contribution in [-0.4, -0.2) is 78.0 Å². The maximum absolute atomic E-state index is 14.4. The molecule has 0 saturated heterocycles. The molecule has 0 N–H and O–H groups in total. The van der Waals surface area contributed by atoms with E-state index in [1.165, 1.54) is 19.2 Å². The summed E-state index contributed by atoms with van der Waals surface area (Å²) < 4.78 is 41.1. The van der Waals surface area contributed by atoms with Gasteiger partial charge in [-0.15, -0.1) is 12.8 Å². The van der Waals surface area contributed by atoms with E-state index in [0.29, 0.717) is 0 Å². The van der Waals surface area contributed by atoms with Crippen LogP contribution in [0.15, 0.2) is 53.4 Å². The molecule has 3 amide bonds. The van der Waals surface area contributed by atoms with Gasteiger partial charge < -0.3 is 9.80 Å². The molecule has 1 unspecified atom stereocenters. The van der Waals surface area contributed by atoms with Crippen molar-refractivity contribution in [3.63, 3.8) is 0 Å². The van der Waals surface area contributed by atoms with Crippen LogP contribution in [0.5, 0.6) is 0 Å². The highest BCUT2D eigenvalue weighted by Gasteiger charge is 2.25. The molecular weight excluding hydrogens is 425 g/mol. The standard InChI is InChI=1S/C22H21F3N4O3/c1-5-10-27(4)21(31)18(24)9-7-8-12-28(11-6-2)22(32)19(25)13-17-14-29(15-26-17)20(30)16(3)23/h1-2,7-9,13,15,17H,3,10-12,14H2,4H3/b8-7+,18-9-,19-13-. The quantitative estimate of drug-likeness (QED) is 0.306. The van der Waals surface area contributed by atoms with Gasteiger partial charge in [-0.2, -0.15) is 0 Å². The van der Waals surface area contributed by atoms with Gasteiger partial charge in [0.1, 0.15) is 0 Å². The lowest BCUT2D eigenvalue weighted by Gasteiger charge is -2.17. The molecule has 10 heteroatoms. The van der Waals surface area contributed by atoms with Crippen LogP contribution in [0, 0.1) is 24.7 Å². The minimum Gasteiger partial charge on any atom is -0.329 e. The van der Waals surface area contributed by atoms with Crippen molar-refractivity contribution < 1.29 is 27.6 Å². The summed E-state index contributed by atoms with van der Waals surface area (Å²) in [5.41, 5.74) is 0. The zero-order valence-electron chi connectivity index (χ0n) is 17.3. The molecule has 0 aromatic carbocycles. The van der Waals surface area contributed by atoms with E-state index >= 15 is 0 Å². The summed E-state index contributed by atoms with van der Waals surface area (Å²) in [5, 5.41) is 0. The number of allylic oxidation sites excluding steroid dienone is 2. The maximum atomic E-state index is 14.4. The monoisotopic (exact) mass is 446 g/mol. The second-order valence-corrected chi connectivity index (χ2v) is 6.41. The Kier molecular flexibility index (Phi) is 10.2. The Bertz CT molecular complexity index is 970. The largest absolute Gasteiger partial charge is 0.329 e. The second-order valence-electron chi connectivity index (χ2n) is 6.41. The fourth-order valence-electron chi connectivity index (χ4n) is 2.37. The van der Waals surface area contributed by atoms with Gasteiger partial charge in [0.2, 0.25) is 0 Å². The lowest BCUT2D eigenvalue weighted by atomic mass is 10.2. The van der Waals surface area contributed by atoms with Gasteiger partial charge >= 0.3 is 0 Å². The van der Waals surface area contributed by atoms with E-state index in [2.05, 4.69) is 23.4 Å². The first-order chi connectivity index (χ1) is 15.1. The average Bonchev–Trinajstić information content (AvgIpc) is 3.22. The highest BCUT2D eigenvalue weighted by atomic mass is 19.1. The first-order valence-corrected chi connectivity index (χ1v) is 9.12. The highest BCUT2D eigenvalue weighted by molar-refractivity contribution is 5.99. The van der Waals surface area contributed by atoms with Crippen LogP contribution in [0.1, 0.15) is 0 Å². The number of hydrogen-bond acceptors (Lipinski definition) is 4. The van der Waals surface area contributed by atoms with Crippen LogP contribution in [0.2, 0.25) is 0 Å². The van der Waals surface area contributed by atoms with E-state index in [0.717, 1.165) is 33.2 Å². The van der Waals surface area contributed by atoms with Gasteiger partial charge in [0.25, 0.3) is 17.7 Å². The van der Waals surface area contributed by atoms with Gasteiger partial charge in [-0.25, -0.2) is 13.2 Å². The molecule has 168 valence electrons. The van der Waals surface area contributed by atoms with Gasteiger partial charge in [0, 0.05) is 13.6 Å². The molecule has 0 aliphatic carbocycles. The SMILES string of the molecule is C#CCN(C)C(=O)/C(F)=C/C=C/CN(CC#C)C(=O)/C(F)=C/C1CN(C(=O)C(=C)F)C=N1. The van der Waals surface area contributed by atoms with Crippen molar-refractivity contribution in [1.82, 2.24) is 14.7 Å². The number of carbonyl (C=O) groups excluding carboxylic acids is 3. The van der Waals surface area contributed by atoms with Gasteiger partial charge in [-0.1, -0.05) is 30.6 Å². The summed E-state index contributed by atoms with van der Waals surface area (Å²) in [4.78, 5) is 42.1. The summed E-state index contributed by atoms with van der Waals surface area (Å²) in [6, 6.07) is -0.895. The Hall–Kier alpha value is -4.05. The smallest absolute Gasteiger partial charge is 0.287 e. The third-order valence-corrected chi connectivity index (χ3v) is 3.97. The lowest BCUT2D eigenvalue weighted by Crippen LogP contribution is -2.33. The number of nitrogens with zero attached hydrogens (tertiary/aromatic N) is 4. The zero-order valence-corrected chi connectivity index (χ0v) is 17.3. The number of likely N-dealkylation sites (N-methyl/N-ethyl adjacent to an activating group) is 1. The topological polar surface area (TPSA) is 73.3 Å². The summed E-state index contributed by atoms with van der Waals surface area (Å²) in [7, 11) is 1.33. The molecule has 1 aliphatic heterocycles. The predicted octanol–water partition coefficient (Wildman–Crippen LogP) is 1.53. The molecule has 7 nitrogen and oxygen atoms in total. The summed E-state index contributed by atoms with van der Waals surface area (Å²) in [6.45, 7) is 2.22. The van der Waals surface area contributed by atoms with Crippen molar-refractivity contribution in [3.8, 4) is 24.7 Å². The Labute approximate surface area is 184 Å². The molecule has 0 fully saturated rings. The van der Waals surface area contributed by atoms with E-state index < -0.39 is 41.2 Å². The van der Waals surface area contributed by atoms with Crippen LogP contribution >= 0.6 is 0 Å². The van der Waals surface area contributed by atoms with Gasteiger partial charge in [0.15, 0.2) is 17.5 Å². The van der Waals surface area contributed by atoms with Gasteiger partial charge in [0.05, 0.1) is 32.0 Å². The number of hydrogen-bond donors (Lipinski definition) is 0. The number of halogens is 3. The second kappa shape index (κ2) is 12.6. The fourth-order valence-corrected chi connectivity index (χ4v) is 2.37. The number of carbonyl (C=O) groups is 3. The van der Waals surface area contributed by atoms with Crippen LogP contribution in [0.25, 0.3) is 0 Å². The predicted molar refractivity (Wildman–Crippen MR) is 114 cm³/mol. The number of aliphatic imine (C=N–C) groups is 1. The van der Waals surface area contributed by atoms with E-state index in [1.54, 1.807) is 0 Å². The third-order valence-electron chi connectivity index (χ3n) is 3.97. The molecule has 1 rings (SSSR count). The third kappa shape index (κ3) is 7.65. The molecule has 0 saturated carbocycles. The van der Waals surface area contributed by atoms with E-state index in [9.17, 15) is 27.6 Å². The Morgan fingerprint density at radius 1 is 1.19 bits per heavy atom. The number of rotatable bonds is 9. The molecule has 32 heavy (non-hydrogen) atoms. The minimum absolute atomic E-state index is 0.0701. The molecule has 0 aromatic heterocycles. The molecular formula is C22H21F3N4O3. The van der Waals surface area contributed by atoms with Gasteiger partial charge in [-0.3, -0.25) is 24.3 Å². The molecule has 0 radical (unpaired) electrons. The number of terminal acetylenes is 2. The Morgan fingerprint density at radius 2 is 1.84 bits per heavy atom. The summed E-state index contributed by atoms with van der Waals surface area (Å²) in [6.07, 6.45) is 15.5. The molecule has 0 aromatic rings. The summed E-state index contributed by atoms with van der Waals surface area (Å²) >= 11 is 0. The van der Waals surface area contributed by atoms with Gasteiger partial charge in [-0.05, 0) is 12.2 Å². The van der Waals surface area contributed by atoms with E-state index in [1.807, 2.05) is 0 Å². The van der Waals surface area contributed by atoms with E-state index in [4.69, 9.17) is 12.8 Å². The van der Waals surface area contributed by atoms with Crippen molar-refractivity contribution in [2.75, 3.05) is 33.2 Å². The van der Waals surface area contributed by atoms with Crippen LogP contribution in [-0.2, 0) is 14.4 Å². The van der Waals surface area contributed by atoms with Crippen LogP contribution in [0.3, 0.4) is 0 Å². The number of amides is 3. The zero-order chi connectivity index (χ0) is 24.3. The lowest BCUT2D eigenvalue weighted by molar-refractivity contribution is -0.128. The van der Waals surface area contributed by atoms with Crippen molar-refractivity contribution >= 4 is 24.1 Å². The minimum atomic E-state index is -1.19. The maximum Gasteiger partial charge on any atom is 0.287 e. The van der Waals surface area contributed by atoms with Crippen molar-refractivity contribution in [1.29, 1.82) is 0 Å². The summed E-state index contributed by atoms with van der Waals surface area (Å²) in [5.74, 6) is -2.04. The van der Waals surface area contributed by atoms with Crippen LogP contribution in [0.4, 0.5) is 13.2 Å². The van der Waals surface area contributed by atoms with Crippen molar-refractivity contribution in [2.45, 2.75) is 6.04 Å². The van der Waals surface area contributed by atoms with Crippen molar-refractivity contribution in [3.05, 3.63) is 48.4 Å². The Balaban J connectivity index is 2.77. The molecule has 1 heterocycles.